The molecule has 1 unspecified atom stereocenters. The third kappa shape index (κ3) is 4.13. The molecule has 0 bridgehead atoms. The van der Waals surface area contributed by atoms with Gasteiger partial charge < -0.3 is 20.7 Å². The Bertz CT molecular complexity index is 437. The maximum atomic E-state index is 12.1. The number of amides is 1. The molecule has 2 rings (SSSR count). The van der Waals surface area contributed by atoms with E-state index >= 15 is 0 Å². The number of ether oxygens (including phenoxy) is 1. The molecule has 1 aliphatic heterocycles. The number of rotatable bonds is 7. The van der Waals surface area contributed by atoms with Crippen LogP contribution in [0.2, 0.25) is 0 Å². The smallest absolute Gasteiger partial charge is 0.244 e. The average molecular weight is 277 g/mol. The minimum absolute atomic E-state index is 0.0544. The molecule has 1 amide bonds. The highest BCUT2D eigenvalue weighted by molar-refractivity contribution is 5.88. The van der Waals surface area contributed by atoms with Gasteiger partial charge in [-0.15, -0.1) is 0 Å². The number of fused-ring (bicyclic) bond motifs is 1. The van der Waals surface area contributed by atoms with Crippen LogP contribution in [0.4, 0.5) is 11.4 Å². The maximum absolute atomic E-state index is 12.1. The van der Waals surface area contributed by atoms with E-state index in [-0.39, 0.29) is 11.9 Å². The number of hydrogen-bond donors (Lipinski definition) is 3. The topological polar surface area (TPSA) is 62.4 Å². The average Bonchev–Trinajstić information content (AvgIpc) is 2.50. The van der Waals surface area contributed by atoms with Crippen molar-refractivity contribution in [3.8, 4) is 0 Å². The Morgan fingerprint density at radius 1 is 1.30 bits per heavy atom. The van der Waals surface area contributed by atoms with Crippen molar-refractivity contribution in [1.82, 2.24) is 5.32 Å². The third-order valence-electron chi connectivity index (χ3n) is 3.39. The molecule has 0 aromatic heterocycles. The van der Waals surface area contributed by atoms with Gasteiger partial charge in [-0.3, -0.25) is 4.79 Å². The van der Waals surface area contributed by atoms with Crippen molar-refractivity contribution in [2.24, 2.45) is 0 Å². The lowest BCUT2D eigenvalue weighted by molar-refractivity contribution is -0.121. The van der Waals surface area contributed by atoms with Crippen molar-refractivity contribution < 1.29 is 9.53 Å². The van der Waals surface area contributed by atoms with Crippen molar-refractivity contribution >= 4 is 17.3 Å². The Balaban J connectivity index is 1.69. The molecule has 0 saturated carbocycles. The Kier molecular flexibility index (Phi) is 5.68. The van der Waals surface area contributed by atoms with Crippen LogP contribution in [0.3, 0.4) is 0 Å². The SMILES string of the molecule is COCCCCCNC(=O)C1CNc2ccccc2N1. The zero-order chi connectivity index (χ0) is 14.2. The number of benzene rings is 1. The number of nitrogens with one attached hydrogen (secondary N) is 3. The molecule has 1 atom stereocenters. The van der Waals surface area contributed by atoms with Crippen LogP contribution < -0.4 is 16.0 Å². The van der Waals surface area contributed by atoms with Crippen molar-refractivity contribution in [1.29, 1.82) is 0 Å². The molecule has 1 aromatic rings. The predicted molar refractivity (Wildman–Crippen MR) is 81.1 cm³/mol. The van der Waals surface area contributed by atoms with Crippen molar-refractivity contribution in [3.63, 3.8) is 0 Å². The van der Waals surface area contributed by atoms with Crippen molar-refractivity contribution in [3.05, 3.63) is 24.3 Å². The van der Waals surface area contributed by atoms with Crippen LogP contribution >= 0.6 is 0 Å². The van der Waals surface area contributed by atoms with E-state index in [0.29, 0.717) is 6.54 Å². The van der Waals surface area contributed by atoms with Gasteiger partial charge in [-0.25, -0.2) is 0 Å². The zero-order valence-corrected chi connectivity index (χ0v) is 11.9. The highest BCUT2D eigenvalue weighted by Crippen LogP contribution is 2.25. The van der Waals surface area contributed by atoms with Crippen molar-refractivity contribution in [2.45, 2.75) is 25.3 Å². The Morgan fingerprint density at radius 2 is 2.10 bits per heavy atom. The highest BCUT2D eigenvalue weighted by atomic mass is 16.5. The Labute approximate surface area is 120 Å². The number of carbonyl (C=O) groups excluding carboxylic acids is 1. The maximum Gasteiger partial charge on any atom is 0.244 e. The van der Waals surface area contributed by atoms with Gasteiger partial charge in [-0.05, 0) is 31.4 Å². The molecule has 1 aromatic carbocycles. The van der Waals surface area contributed by atoms with Crippen LogP contribution in [0.1, 0.15) is 19.3 Å². The summed E-state index contributed by atoms with van der Waals surface area (Å²) < 4.78 is 4.99. The lowest BCUT2D eigenvalue weighted by Crippen LogP contribution is -2.46. The first-order valence-electron chi connectivity index (χ1n) is 7.17. The summed E-state index contributed by atoms with van der Waals surface area (Å²) in [7, 11) is 1.71. The monoisotopic (exact) mass is 277 g/mol. The van der Waals surface area contributed by atoms with E-state index in [0.717, 1.165) is 43.8 Å². The Morgan fingerprint density at radius 3 is 2.90 bits per heavy atom. The number of carbonyl (C=O) groups is 1. The van der Waals surface area contributed by atoms with Crippen LogP contribution in [0.5, 0.6) is 0 Å². The molecule has 0 spiro atoms. The number of anilines is 2. The molecule has 0 saturated heterocycles. The van der Waals surface area contributed by atoms with Crippen LogP contribution in [-0.4, -0.2) is 38.8 Å². The van der Waals surface area contributed by atoms with E-state index in [1.54, 1.807) is 7.11 Å². The molecular formula is C15H23N3O2. The van der Waals surface area contributed by atoms with Gasteiger partial charge in [0, 0.05) is 26.8 Å². The highest BCUT2D eigenvalue weighted by Gasteiger charge is 2.22. The number of unbranched alkanes of at least 4 members (excludes halogenated alkanes) is 2. The molecule has 20 heavy (non-hydrogen) atoms. The molecule has 5 heteroatoms. The summed E-state index contributed by atoms with van der Waals surface area (Å²) >= 11 is 0. The van der Waals surface area contributed by atoms with Gasteiger partial charge in [0.15, 0.2) is 0 Å². The molecular weight excluding hydrogens is 254 g/mol. The standard InChI is InChI=1S/C15H23N3O2/c1-20-10-6-2-5-9-16-15(19)14-11-17-12-7-3-4-8-13(12)18-14/h3-4,7-8,14,17-18H,2,5-6,9-11H2,1H3,(H,16,19). The second kappa shape index (κ2) is 7.75. The second-order valence-corrected chi connectivity index (χ2v) is 4.97. The van der Waals surface area contributed by atoms with E-state index in [4.69, 9.17) is 4.74 Å². The van der Waals surface area contributed by atoms with Crippen LogP contribution in [-0.2, 0) is 9.53 Å². The second-order valence-electron chi connectivity index (χ2n) is 4.97. The molecule has 110 valence electrons. The first-order chi connectivity index (χ1) is 9.81. The predicted octanol–water partition coefficient (Wildman–Crippen LogP) is 1.83. The first-order valence-corrected chi connectivity index (χ1v) is 7.17. The van der Waals surface area contributed by atoms with Gasteiger partial charge in [0.25, 0.3) is 0 Å². The van der Waals surface area contributed by atoms with Gasteiger partial charge in [0.05, 0.1) is 11.4 Å². The van der Waals surface area contributed by atoms with E-state index in [2.05, 4.69) is 16.0 Å². The fraction of sp³-hybridized carbons (Fsp3) is 0.533. The lowest BCUT2D eigenvalue weighted by Gasteiger charge is -2.27. The molecule has 0 radical (unpaired) electrons. The van der Waals surface area contributed by atoms with Crippen LogP contribution in [0, 0.1) is 0 Å². The fourth-order valence-electron chi connectivity index (χ4n) is 2.26. The molecule has 5 nitrogen and oxygen atoms in total. The molecule has 3 N–H and O–H groups in total. The van der Waals surface area contributed by atoms with Gasteiger partial charge >= 0.3 is 0 Å². The van der Waals surface area contributed by atoms with Gasteiger partial charge in [0.2, 0.25) is 5.91 Å². The molecule has 1 heterocycles. The number of para-hydroxylation sites is 2. The molecule has 0 aliphatic carbocycles. The van der Waals surface area contributed by atoms with E-state index in [9.17, 15) is 4.79 Å². The van der Waals surface area contributed by atoms with E-state index < -0.39 is 0 Å². The summed E-state index contributed by atoms with van der Waals surface area (Å²) in [5, 5.41) is 9.51. The summed E-state index contributed by atoms with van der Waals surface area (Å²) in [5.74, 6) is 0.0544. The third-order valence-corrected chi connectivity index (χ3v) is 3.39. The van der Waals surface area contributed by atoms with Crippen molar-refractivity contribution in [2.75, 3.05) is 37.4 Å². The van der Waals surface area contributed by atoms with Gasteiger partial charge in [0.1, 0.15) is 6.04 Å². The molecule has 0 fully saturated rings. The van der Waals surface area contributed by atoms with Gasteiger partial charge in [-0.1, -0.05) is 12.1 Å². The minimum atomic E-state index is -0.205. The molecule has 1 aliphatic rings. The number of hydrogen-bond acceptors (Lipinski definition) is 4. The summed E-state index contributed by atoms with van der Waals surface area (Å²) in [6.07, 6.45) is 3.11. The lowest BCUT2D eigenvalue weighted by atomic mass is 10.1. The zero-order valence-electron chi connectivity index (χ0n) is 11.9. The van der Waals surface area contributed by atoms with E-state index in [1.807, 2.05) is 24.3 Å². The largest absolute Gasteiger partial charge is 0.385 e. The normalized spacial score (nSPS) is 16.8. The summed E-state index contributed by atoms with van der Waals surface area (Å²) in [5.41, 5.74) is 2.04. The Hall–Kier alpha value is -1.75. The fourth-order valence-corrected chi connectivity index (χ4v) is 2.26. The van der Waals surface area contributed by atoms with E-state index in [1.165, 1.54) is 0 Å². The first kappa shape index (κ1) is 14.7. The van der Waals surface area contributed by atoms with Crippen LogP contribution in [0.15, 0.2) is 24.3 Å². The summed E-state index contributed by atoms with van der Waals surface area (Å²) in [6, 6.07) is 7.72. The summed E-state index contributed by atoms with van der Waals surface area (Å²) in [4.78, 5) is 12.1. The number of methoxy groups -OCH3 is 1. The minimum Gasteiger partial charge on any atom is -0.385 e. The quantitative estimate of drug-likeness (QED) is 0.665. The summed E-state index contributed by atoms with van der Waals surface area (Å²) in [6.45, 7) is 2.13. The van der Waals surface area contributed by atoms with Gasteiger partial charge in [-0.2, -0.15) is 0 Å². The van der Waals surface area contributed by atoms with Crippen LogP contribution in [0.25, 0.3) is 0 Å².